The lowest BCUT2D eigenvalue weighted by molar-refractivity contribution is -0.409. The summed E-state index contributed by atoms with van der Waals surface area (Å²) in [6.07, 6.45) is 1.68. The van der Waals surface area contributed by atoms with Crippen molar-refractivity contribution in [2.45, 2.75) is 13.0 Å². The lowest BCUT2D eigenvalue weighted by atomic mass is 10.0. The van der Waals surface area contributed by atoms with Crippen molar-refractivity contribution in [1.82, 2.24) is 0 Å². The van der Waals surface area contributed by atoms with E-state index in [4.69, 9.17) is 0 Å². The van der Waals surface area contributed by atoms with Gasteiger partial charge in [-0.1, -0.05) is 35.9 Å². The van der Waals surface area contributed by atoms with Gasteiger partial charge in [0.25, 0.3) is 0 Å². The molecule has 0 bridgehead atoms. The molecule has 2 aromatic heterocycles. The highest BCUT2D eigenvalue weighted by Gasteiger charge is 2.26. The average molecular weight is 326 g/mol. The molecule has 2 heterocycles. The maximum Gasteiger partial charge on any atom is 0.357 e. The molecule has 0 spiro atoms. The number of H-pyrrole nitrogens is 1. The molecule has 6 heteroatoms. The van der Waals surface area contributed by atoms with E-state index in [-0.39, 0.29) is 16.7 Å². The van der Waals surface area contributed by atoms with Gasteiger partial charge in [0.15, 0.2) is 6.04 Å². The van der Waals surface area contributed by atoms with Gasteiger partial charge >= 0.3 is 11.5 Å². The normalized spacial score (nSPS) is 11.9. The number of hydrogen-bond acceptors (Lipinski definition) is 4. The topological polar surface area (TPSA) is 69.3 Å². The van der Waals surface area contributed by atoms with E-state index in [1.54, 1.807) is 23.6 Å². The molecule has 1 atom stereocenters. The second-order valence-corrected chi connectivity index (χ2v) is 6.17. The van der Waals surface area contributed by atoms with Crippen molar-refractivity contribution in [2.75, 3.05) is 5.32 Å². The molecular formula is C17H16N3O2S+. The molecule has 0 saturated carbocycles. The van der Waals surface area contributed by atoms with Gasteiger partial charge in [0, 0.05) is 11.6 Å². The van der Waals surface area contributed by atoms with E-state index in [1.165, 1.54) is 11.6 Å². The van der Waals surface area contributed by atoms with Crippen molar-refractivity contribution < 1.29 is 9.91 Å². The first-order valence-electron chi connectivity index (χ1n) is 7.17. The van der Waals surface area contributed by atoms with Crippen LogP contribution in [0, 0.1) is 17.0 Å². The molecule has 3 aromatic rings. The first-order chi connectivity index (χ1) is 11.1. The third-order valence-electron chi connectivity index (χ3n) is 3.56. The Hall–Kier alpha value is -2.73. The Morgan fingerprint density at radius 1 is 1.17 bits per heavy atom. The summed E-state index contributed by atoms with van der Waals surface area (Å²) in [5.74, 6) is 0.400. The number of benzene rings is 1. The fourth-order valence-electron chi connectivity index (χ4n) is 2.37. The van der Waals surface area contributed by atoms with Crippen LogP contribution >= 0.6 is 11.3 Å². The highest BCUT2D eigenvalue weighted by molar-refractivity contribution is 7.10. The van der Waals surface area contributed by atoms with Crippen LogP contribution in [0.3, 0.4) is 0 Å². The summed E-state index contributed by atoms with van der Waals surface area (Å²) >= 11 is 1.62. The van der Waals surface area contributed by atoms with Crippen LogP contribution in [0.25, 0.3) is 0 Å². The number of thiophene rings is 1. The summed E-state index contributed by atoms with van der Waals surface area (Å²) in [5.41, 5.74) is 2.27. The van der Waals surface area contributed by atoms with Gasteiger partial charge in [-0.15, -0.1) is 11.3 Å². The van der Waals surface area contributed by atoms with Crippen LogP contribution in [0.5, 0.6) is 0 Å². The van der Waals surface area contributed by atoms with Gasteiger partial charge in [-0.05, 0) is 24.4 Å². The third-order valence-corrected chi connectivity index (χ3v) is 4.50. The first kappa shape index (κ1) is 15.2. The Morgan fingerprint density at radius 2 is 1.96 bits per heavy atom. The predicted octanol–water partition coefficient (Wildman–Crippen LogP) is 3.98. The van der Waals surface area contributed by atoms with Crippen LogP contribution in [-0.2, 0) is 0 Å². The molecule has 0 fully saturated rings. The van der Waals surface area contributed by atoms with E-state index >= 15 is 0 Å². The van der Waals surface area contributed by atoms with E-state index in [0.29, 0.717) is 5.82 Å². The number of nitro groups is 1. The van der Waals surface area contributed by atoms with Crippen LogP contribution in [0.2, 0.25) is 0 Å². The Labute approximate surface area is 137 Å². The van der Waals surface area contributed by atoms with Crippen molar-refractivity contribution >= 4 is 22.8 Å². The lowest BCUT2D eigenvalue weighted by Crippen LogP contribution is -2.19. The number of aryl methyl sites for hydroxylation is 1. The highest BCUT2D eigenvalue weighted by atomic mass is 32.1. The van der Waals surface area contributed by atoms with Gasteiger partial charge in [-0.2, -0.15) is 0 Å². The molecule has 2 N–H and O–H groups in total. The Morgan fingerprint density at radius 3 is 2.61 bits per heavy atom. The minimum absolute atomic E-state index is 0.0289. The van der Waals surface area contributed by atoms with E-state index in [0.717, 1.165) is 10.4 Å². The summed E-state index contributed by atoms with van der Waals surface area (Å²) in [5, 5.41) is 16.5. The molecule has 116 valence electrons. The molecule has 3 rings (SSSR count). The number of anilines is 1. The van der Waals surface area contributed by atoms with Gasteiger partial charge in [0.05, 0.1) is 16.0 Å². The smallest absolute Gasteiger partial charge is 0.258 e. The van der Waals surface area contributed by atoms with E-state index in [9.17, 15) is 10.1 Å². The van der Waals surface area contributed by atoms with Crippen LogP contribution < -0.4 is 10.3 Å². The van der Waals surface area contributed by atoms with E-state index in [1.807, 2.05) is 48.7 Å². The second-order valence-electron chi connectivity index (χ2n) is 5.19. The Kier molecular flexibility index (Phi) is 4.34. The number of aromatic amines is 1. The van der Waals surface area contributed by atoms with Gasteiger partial charge in [0.1, 0.15) is 0 Å². The molecule has 0 aliphatic carbocycles. The van der Waals surface area contributed by atoms with E-state index < -0.39 is 0 Å². The van der Waals surface area contributed by atoms with Crippen LogP contribution in [-0.4, -0.2) is 4.92 Å². The number of hydrogen-bond donors (Lipinski definition) is 1. The fraction of sp³-hybridized carbons (Fsp3) is 0.118. The fourth-order valence-corrected chi connectivity index (χ4v) is 3.18. The molecule has 0 aliphatic heterocycles. The largest absolute Gasteiger partial charge is 0.357 e. The number of aromatic nitrogens is 1. The summed E-state index contributed by atoms with van der Waals surface area (Å²) in [6.45, 7) is 2.03. The number of nitrogens with one attached hydrogen (secondary N) is 2. The number of rotatable bonds is 5. The van der Waals surface area contributed by atoms with Crippen molar-refractivity contribution in [3.63, 3.8) is 0 Å². The molecule has 0 saturated heterocycles. The molecule has 0 unspecified atom stereocenters. The Balaban J connectivity index is 2.00. The van der Waals surface area contributed by atoms with Gasteiger partial charge in [0.2, 0.25) is 0 Å². The molecule has 23 heavy (non-hydrogen) atoms. The quantitative estimate of drug-likeness (QED) is 0.569. The van der Waals surface area contributed by atoms with Crippen molar-refractivity contribution in [3.8, 4) is 0 Å². The second kappa shape index (κ2) is 6.58. The predicted molar refractivity (Wildman–Crippen MR) is 90.6 cm³/mol. The summed E-state index contributed by atoms with van der Waals surface area (Å²) in [6, 6.07) is 15.1. The van der Waals surface area contributed by atoms with Gasteiger partial charge in [-0.25, -0.2) is 4.98 Å². The molecule has 5 nitrogen and oxygen atoms in total. The maximum atomic E-state index is 11.2. The molecular weight excluding hydrogens is 310 g/mol. The standard InChI is InChI=1S/C17H15N3O2S/c1-12-6-8-13(9-7-12)16(15-5-3-11-23-15)19-17-14(20(21)22)4-2-10-18-17/h2-11,16H,1H3,(H,18,19)/p+1/t16-/m1/s1. The van der Waals surface area contributed by atoms with Crippen LogP contribution in [0.1, 0.15) is 22.0 Å². The molecule has 1 aromatic carbocycles. The number of pyridine rings is 1. The highest BCUT2D eigenvalue weighted by Crippen LogP contribution is 2.31. The zero-order valence-corrected chi connectivity index (χ0v) is 13.3. The minimum Gasteiger partial charge on any atom is -0.258 e. The molecule has 0 amide bonds. The number of nitrogens with zero attached hydrogens (tertiary/aromatic N) is 1. The summed E-state index contributed by atoms with van der Waals surface area (Å²) in [7, 11) is 0. The van der Waals surface area contributed by atoms with Crippen LogP contribution in [0.4, 0.5) is 11.5 Å². The lowest BCUT2D eigenvalue weighted by Gasteiger charge is -2.13. The molecule has 0 radical (unpaired) electrons. The minimum atomic E-state index is -0.389. The SMILES string of the molecule is Cc1ccc([C@@H](Nc2[nH+]cccc2[N+](=O)[O-])c2cccs2)cc1. The van der Waals surface area contributed by atoms with Crippen LogP contribution in [0.15, 0.2) is 60.1 Å². The van der Waals surface area contributed by atoms with Crippen molar-refractivity contribution in [2.24, 2.45) is 0 Å². The monoisotopic (exact) mass is 326 g/mol. The van der Waals surface area contributed by atoms with Crippen molar-refractivity contribution in [3.05, 3.63) is 86.2 Å². The van der Waals surface area contributed by atoms with Gasteiger partial charge in [-0.3, -0.25) is 15.4 Å². The zero-order chi connectivity index (χ0) is 16.2. The Bertz CT molecular complexity index is 801. The summed E-state index contributed by atoms with van der Waals surface area (Å²) in [4.78, 5) is 14.9. The maximum absolute atomic E-state index is 11.2. The molecule has 0 aliphatic rings. The zero-order valence-electron chi connectivity index (χ0n) is 12.5. The van der Waals surface area contributed by atoms with E-state index in [2.05, 4.69) is 10.3 Å². The van der Waals surface area contributed by atoms with Crippen molar-refractivity contribution in [1.29, 1.82) is 0 Å². The van der Waals surface area contributed by atoms with Gasteiger partial charge < -0.3 is 0 Å². The third kappa shape index (κ3) is 3.37. The first-order valence-corrected chi connectivity index (χ1v) is 8.04. The average Bonchev–Trinajstić information content (AvgIpc) is 3.08. The summed E-state index contributed by atoms with van der Waals surface area (Å²) < 4.78 is 0.